The SMILES string of the molecule is C[C@H](NS(=O)(=O)O)[C@@H](O)c1ccc(Cl)cc1Cl. The summed E-state index contributed by atoms with van der Waals surface area (Å²) in [6.07, 6.45) is -1.19. The van der Waals surface area contributed by atoms with E-state index >= 15 is 0 Å². The van der Waals surface area contributed by atoms with Crippen LogP contribution in [0.4, 0.5) is 0 Å². The Labute approximate surface area is 109 Å². The highest BCUT2D eigenvalue weighted by molar-refractivity contribution is 7.83. The van der Waals surface area contributed by atoms with E-state index in [1.54, 1.807) is 0 Å². The zero-order chi connectivity index (χ0) is 13.2. The Hall–Kier alpha value is -0.370. The van der Waals surface area contributed by atoms with Crippen molar-refractivity contribution in [2.45, 2.75) is 19.1 Å². The molecule has 1 rings (SSSR count). The van der Waals surface area contributed by atoms with Crippen LogP contribution in [0.25, 0.3) is 0 Å². The zero-order valence-electron chi connectivity index (χ0n) is 8.76. The highest BCUT2D eigenvalue weighted by atomic mass is 35.5. The molecule has 0 saturated carbocycles. The summed E-state index contributed by atoms with van der Waals surface area (Å²) in [7, 11) is -4.38. The van der Waals surface area contributed by atoms with Gasteiger partial charge in [0.25, 0.3) is 0 Å². The molecule has 0 spiro atoms. The van der Waals surface area contributed by atoms with Crippen LogP contribution in [0, 0.1) is 0 Å². The third-order valence-corrected chi connectivity index (χ3v) is 3.32. The van der Waals surface area contributed by atoms with Gasteiger partial charge >= 0.3 is 10.3 Å². The second-order valence-corrected chi connectivity index (χ2v) is 5.52. The van der Waals surface area contributed by atoms with Crippen LogP contribution in [0.5, 0.6) is 0 Å². The fourth-order valence-electron chi connectivity index (χ4n) is 1.31. The topological polar surface area (TPSA) is 86.6 Å². The summed E-state index contributed by atoms with van der Waals surface area (Å²) in [6.45, 7) is 1.39. The summed E-state index contributed by atoms with van der Waals surface area (Å²) in [6, 6.07) is 3.51. The Morgan fingerprint density at radius 1 is 1.35 bits per heavy atom. The molecule has 0 aliphatic rings. The van der Waals surface area contributed by atoms with Crippen LogP contribution in [0.1, 0.15) is 18.6 Å². The molecule has 1 aromatic carbocycles. The van der Waals surface area contributed by atoms with E-state index in [1.807, 2.05) is 4.72 Å². The highest BCUT2D eigenvalue weighted by Gasteiger charge is 2.22. The van der Waals surface area contributed by atoms with Gasteiger partial charge in [-0.25, -0.2) is 0 Å². The predicted octanol–water partition coefficient (Wildman–Crippen LogP) is 1.81. The molecular formula is C9H11Cl2NO4S. The maximum absolute atomic E-state index is 10.6. The summed E-state index contributed by atoms with van der Waals surface area (Å²) in [4.78, 5) is 0. The number of hydrogen-bond acceptors (Lipinski definition) is 3. The minimum atomic E-state index is -4.38. The molecule has 96 valence electrons. The summed E-state index contributed by atoms with van der Waals surface area (Å²) in [5.74, 6) is 0. The van der Waals surface area contributed by atoms with Gasteiger partial charge in [-0.2, -0.15) is 13.1 Å². The van der Waals surface area contributed by atoms with Gasteiger partial charge in [0.15, 0.2) is 0 Å². The van der Waals surface area contributed by atoms with E-state index in [-0.39, 0.29) is 5.02 Å². The molecule has 5 nitrogen and oxygen atoms in total. The number of aliphatic hydroxyl groups is 1. The predicted molar refractivity (Wildman–Crippen MR) is 65.6 cm³/mol. The van der Waals surface area contributed by atoms with E-state index in [9.17, 15) is 13.5 Å². The quantitative estimate of drug-likeness (QED) is 0.740. The Kier molecular flexibility index (Phi) is 4.77. The van der Waals surface area contributed by atoms with Gasteiger partial charge in [-0.1, -0.05) is 29.3 Å². The average molecular weight is 300 g/mol. The highest BCUT2D eigenvalue weighted by Crippen LogP contribution is 2.28. The molecule has 0 saturated heterocycles. The molecule has 2 atom stereocenters. The molecule has 0 amide bonds. The molecule has 0 heterocycles. The van der Waals surface area contributed by atoms with Gasteiger partial charge in [0.2, 0.25) is 0 Å². The van der Waals surface area contributed by atoms with Crippen LogP contribution in [0.15, 0.2) is 18.2 Å². The summed E-state index contributed by atoms with van der Waals surface area (Å²) in [5.41, 5.74) is 0.319. The molecule has 8 heteroatoms. The Morgan fingerprint density at radius 2 is 1.94 bits per heavy atom. The van der Waals surface area contributed by atoms with Crippen LogP contribution in [-0.2, 0) is 10.3 Å². The third-order valence-electron chi connectivity index (χ3n) is 2.09. The van der Waals surface area contributed by atoms with Gasteiger partial charge < -0.3 is 5.11 Å². The van der Waals surface area contributed by atoms with E-state index in [4.69, 9.17) is 27.8 Å². The summed E-state index contributed by atoms with van der Waals surface area (Å²) >= 11 is 11.5. The first-order valence-corrected chi connectivity index (χ1v) is 6.78. The number of hydrogen-bond donors (Lipinski definition) is 3. The van der Waals surface area contributed by atoms with Crippen LogP contribution in [0.3, 0.4) is 0 Å². The van der Waals surface area contributed by atoms with Crippen LogP contribution < -0.4 is 4.72 Å². The van der Waals surface area contributed by atoms with Crippen molar-refractivity contribution in [3.63, 3.8) is 0 Å². The average Bonchev–Trinajstić information content (AvgIpc) is 2.14. The molecule has 17 heavy (non-hydrogen) atoms. The Bertz CT molecular complexity index is 506. The molecule has 0 bridgehead atoms. The van der Waals surface area contributed by atoms with Gasteiger partial charge in [-0.15, -0.1) is 0 Å². The Balaban J connectivity index is 2.92. The molecule has 0 aliphatic heterocycles. The molecule has 0 aliphatic carbocycles. The first-order valence-electron chi connectivity index (χ1n) is 4.58. The van der Waals surface area contributed by atoms with Crippen molar-refractivity contribution in [3.05, 3.63) is 33.8 Å². The van der Waals surface area contributed by atoms with Gasteiger partial charge in [0.05, 0.1) is 12.1 Å². The second kappa shape index (κ2) is 5.51. The molecule has 0 aromatic heterocycles. The number of nitrogens with one attached hydrogen (secondary N) is 1. The largest absolute Gasteiger partial charge is 0.387 e. The minimum Gasteiger partial charge on any atom is -0.387 e. The first kappa shape index (κ1) is 14.7. The summed E-state index contributed by atoms with van der Waals surface area (Å²) < 4.78 is 31.6. The number of aliphatic hydroxyl groups excluding tert-OH is 1. The summed E-state index contributed by atoms with van der Waals surface area (Å²) in [5, 5.41) is 10.5. The van der Waals surface area contributed by atoms with Gasteiger partial charge in [0.1, 0.15) is 0 Å². The van der Waals surface area contributed by atoms with Gasteiger partial charge in [-0.05, 0) is 19.1 Å². The molecule has 1 aromatic rings. The van der Waals surface area contributed by atoms with Crippen LogP contribution in [0.2, 0.25) is 10.0 Å². The van der Waals surface area contributed by atoms with E-state index in [0.29, 0.717) is 10.6 Å². The lowest BCUT2D eigenvalue weighted by Crippen LogP contribution is -2.36. The Morgan fingerprint density at radius 3 is 2.41 bits per heavy atom. The lowest BCUT2D eigenvalue weighted by atomic mass is 10.0. The smallest absolute Gasteiger partial charge is 0.333 e. The fraction of sp³-hybridized carbons (Fsp3) is 0.333. The lowest BCUT2D eigenvalue weighted by Gasteiger charge is -2.19. The molecule has 0 fully saturated rings. The van der Waals surface area contributed by atoms with E-state index in [0.717, 1.165) is 0 Å². The van der Waals surface area contributed by atoms with Crippen molar-refractivity contribution < 1.29 is 18.1 Å². The van der Waals surface area contributed by atoms with Gasteiger partial charge in [0, 0.05) is 15.6 Å². The second-order valence-electron chi connectivity index (χ2n) is 3.49. The molecule has 0 unspecified atom stereocenters. The molecular weight excluding hydrogens is 289 g/mol. The number of rotatable bonds is 4. The van der Waals surface area contributed by atoms with E-state index in [2.05, 4.69) is 0 Å². The van der Waals surface area contributed by atoms with Crippen molar-refractivity contribution >= 4 is 33.5 Å². The van der Waals surface area contributed by atoms with Crippen molar-refractivity contribution in [3.8, 4) is 0 Å². The van der Waals surface area contributed by atoms with Crippen molar-refractivity contribution in [1.82, 2.24) is 4.72 Å². The monoisotopic (exact) mass is 299 g/mol. The maximum atomic E-state index is 10.6. The maximum Gasteiger partial charge on any atom is 0.333 e. The number of halogens is 2. The van der Waals surface area contributed by atoms with Crippen molar-refractivity contribution in [1.29, 1.82) is 0 Å². The van der Waals surface area contributed by atoms with Crippen LogP contribution in [-0.4, -0.2) is 24.1 Å². The standard InChI is InChI=1S/C9H11Cl2NO4S/c1-5(12-17(14,15)16)9(13)7-3-2-6(10)4-8(7)11/h2-5,9,12-13H,1H3,(H,14,15,16)/t5-,9+/m0/s1. The lowest BCUT2D eigenvalue weighted by molar-refractivity contribution is 0.145. The normalized spacial score (nSPS) is 15.6. The fourth-order valence-corrected chi connectivity index (χ4v) is 2.43. The van der Waals surface area contributed by atoms with Crippen molar-refractivity contribution in [2.24, 2.45) is 0 Å². The molecule has 0 radical (unpaired) electrons. The van der Waals surface area contributed by atoms with Crippen molar-refractivity contribution in [2.75, 3.05) is 0 Å². The van der Waals surface area contributed by atoms with E-state index in [1.165, 1.54) is 25.1 Å². The minimum absolute atomic E-state index is 0.217. The zero-order valence-corrected chi connectivity index (χ0v) is 11.1. The third kappa shape index (κ3) is 4.42. The first-order chi connectivity index (χ1) is 7.70. The van der Waals surface area contributed by atoms with E-state index < -0.39 is 22.4 Å². The van der Waals surface area contributed by atoms with Gasteiger partial charge in [-0.3, -0.25) is 4.55 Å². The molecule has 3 N–H and O–H groups in total. The van der Waals surface area contributed by atoms with Crippen LogP contribution >= 0.6 is 23.2 Å². The number of benzene rings is 1.